The van der Waals surface area contributed by atoms with Crippen LogP contribution in [0.15, 0.2) is 52.7 Å². The van der Waals surface area contributed by atoms with Gasteiger partial charge in [0.25, 0.3) is 0 Å². The van der Waals surface area contributed by atoms with Crippen molar-refractivity contribution in [3.05, 3.63) is 87.6 Å². The van der Waals surface area contributed by atoms with Crippen LogP contribution < -0.4 is 10.5 Å². The first-order valence-electron chi connectivity index (χ1n) is 13.4. The molecule has 42 heavy (non-hydrogen) atoms. The molecule has 9 nitrogen and oxygen atoms in total. The van der Waals surface area contributed by atoms with Crippen molar-refractivity contribution in [3.63, 3.8) is 0 Å². The van der Waals surface area contributed by atoms with Crippen LogP contribution in [0.25, 0.3) is 22.0 Å². The Kier molecular flexibility index (Phi) is 7.51. The molecule has 3 heterocycles. The third kappa shape index (κ3) is 5.77. The predicted molar refractivity (Wildman–Crippen MR) is 154 cm³/mol. The van der Waals surface area contributed by atoms with Gasteiger partial charge in [-0.05, 0) is 79.6 Å². The molecule has 4 aromatic rings. The van der Waals surface area contributed by atoms with Gasteiger partial charge < -0.3 is 10.4 Å². The molecule has 2 aromatic carbocycles. The van der Waals surface area contributed by atoms with E-state index in [2.05, 4.69) is 10.3 Å². The van der Waals surface area contributed by atoms with E-state index in [0.717, 1.165) is 59.7 Å². The van der Waals surface area contributed by atoms with Crippen LogP contribution in [-0.4, -0.2) is 47.3 Å². The summed E-state index contributed by atoms with van der Waals surface area (Å²) in [6, 6.07) is 8.61. The highest BCUT2D eigenvalue weighted by atomic mass is 32.2. The van der Waals surface area contributed by atoms with Crippen LogP contribution in [0.5, 0.6) is 0 Å². The van der Waals surface area contributed by atoms with E-state index in [1.54, 1.807) is 16.8 Å². The van der Waals surface area contributed by atoms with Crippen LogP contribution in [0.4, 0.5) is 8.78 Å². The highest BCUT2D eigenvalue weighted by Crippen LogP contribution is 2.39. The molecule has 2 aromatic heterocycles. The van der Waals surface area contributed by atoms with Crippen LogP contribution in [0, 0.1) is 17.6 Å². The second-order valence-electron chi connectivity index (χ2n) is 10.5. The number of primary sulfonamides is 1. The number of thiazole rings is 1. The molecular formula is C29H27F2N5O4S2. The summed E-state index contributed by atoms with van der Waals surface area (Å²) >= 11 is 1.14. The van der Waals surface area contributed by atoms with Crippen molar-refractivity contribution in [3.8, 4) is 16.4 Å². The lowest BCUT2D eigenvalue weighted by molar-refractivity contribution is 0.0691. The summed E-state index contributed by atoms with van der Waals surface area (Å²) in [5, 5.41) is 24.6. The number of carbonyl (C=O) groups is 1. The molecule has 13 heteroatoms. The first kappa shape index (κ1) is 28.3. The van der Waals surface area contributed by atoms with E-state index in [9.17, 15) is 22.7 Å². The number of sulfonamides is 1. The molecule has 1 saturated carbocycles. The second-order valence-corrected chi connectivity index (χ2v) is 12.9. The Morgan fingerprint density at radius 2 is 1.98 bits per heavy atom. The third-order valence-corrected chi connectivity index (χ3v) is 9.25. The monoisotopic (exact) mass is 611 g/mol. The smallest absolute Gasteiger partial charge is 0.355 e. The molecule has 218 valence electrons. The van der Waals surface area contributed by atoms with Gasteiger partial charge in [0, 0.05) is 35.0 Å². The van der Waals surface area contributed by atoms with Crippen LogP contribution in [0.2, 0.25) is 0 Å². The van der Waals surface area contributed by atoms with Crippen molar-refractivity contribution in [2.75, 3.05) is 13.1 Å². The number of rotatable bonds is 9. The number of benzene rings is 2. The van der Waals surface area contributed by atoms with E-state index >= 15 is 4.39 Å². The van der Waals surface area contributed by atoms with Crippen molar-refractivity contribution in [2.45, 2.75) is 37.0 Å². The summed E-state index contributed by atoms with van der Waals surface area (Å²) in [6.45, 7) is 1.37. The van der Waals surface area contributed by atoms with Gasteiger partial charge in [0.1, 0.15) is 16.5 Å². The quantitative estimate of drug-likeness (QED) is 0.252. The number of aromatic carboxylic acids is 1. The Morgan fingerprint density at radius 1 is 1.17 bits per heavy atom. The molecule has 0 saturated heterocycles. The van der Waals surface area contributed by atoms with Gasteiger partial charge in [-0.2, -0.15) is 5.10 Å². The van der Waals surface area contributed by atoms with Crippen LogP contribution in [0.3, 0.4) is 0 Å². The summed E-state index contributed by atoms with van der Waals surface area (Å²) in [5.74, 6) is -2.06. The average molecular weight is 612 g/mol. The second kappa shape index (κ2) is 11.1. The number of hydrogen-bond donors (Lipinski definition) is 3. The fourth-order valence-electron chi connectivity index (χ4n) is 5.20. The predicted octanol–water partition coefficient (Wildman–Crippen LogP) is 4.54. The zero-order valence-corrected chi connectivity index (χ0v) is 23.9. The first-order chi connectivity index (χ1) is 20.1. The van der Waals surface area contributed by atoms with E-state index in [-0.39, 0.29) is 17.9 Å². The third-order valence-electron chi connectivity index (χ3n) is 7.49. The number of nitrogens with zero attached hydrogens (tertiary/aromatic N) is 3. The van der Waals surface area contributed by atoms with Crippen molar-refractivity contribution in [1.29, 1.82) is 0 Å². The molecular weight excluding hydrogens is 584 g/mol. The van der Waals surface area contributed by atoms with Crippen molar-refractivity contribution in [1.82, 2.24) is 20.1 Å². The van der Waals surface area contributed by atoms with E-state index < -0.39 is 26.7 Å². The van der Waals surface area contributed by atoms with E-state index in [4.69, 9.17) is 10.2 Å². The summed E-state index contributed by atoms with van der Waals surface area (Å²) in [7, 11) is -4.24. The van der Waals surface area contributed by atoms with Gasteiger partial charge in [-0.25, -0.2) is 36.8 Å². The number of nitrogens with one attached hydrogen (secondary N) is 1. The van der Waals surface area contributed by atoms with E-state index in [0.29, 0.717) is 52.8 Å². The van der Waals surface area contributed by atoms with Gasteiger partial charge in [-0.15, -0.1) is 11.3 Å². The summed E-state index contributed by atoms with van der Waals surface area (Å²) in [5.41, 5.74) is 4.47. The SMILES string of the molecule is NS(=O)(=O)c1ccc(Cc2c(-c3ccc(F)c(C4=CCNCC4)c3)nn(-c3nc(C(=O)O)cs3)c2CC2CC2)cc1F. The number of hydrogen-bond acceptors (Lipinski definition) is 7. The molecule has 2 aliphatic rings. The Balaban J connectivity index is 1.53. The number of aromatic nitrogens is 3. The fourth-order valence-corrected chi connectivity index (χ4v) is 6.56. The van der Waals surface area contributed by atoms with Crippen LogP contribution >= 0.6 is 11.3 Å². The largest absolute Gasteiger partial charge is 0.476 e. The summed E-state index contributed by atoms with van der Waals surface area (Å²) in [6.07, 6.45) is 5.50. The standard InChI is InChI=1S/C29H27F2N5O4S2/c30-22-5-4-19(14-20(22)18-7-9-33-10-8-18)27-21(11-17-3-6-26(23(31)12-17)42(32,39)40)25(13-16-1-2-16)36(35-27)29-34-24(15-41-29)28(37)38/h3-7,12,14-16,33H,1-2,8-11,13H2,(H,37,38)(H2,32,39,40). The topological polar surface area (TPSA) is 140 Å². The van der Waals surface area contributed by atoms with Crippen molar-refractivity contribution < 1.29 is 27.1 Å². The number of carboxylic acids is 1. The lowest BCUT2D eigenvalue weighted by Crippen LogP contribution is -2.20. The maximum atomic E-state index is 15.1. The number of nitrogens with two attached hydrogens (primary N) is 1. The minimum absolute atomic E-state index is 0.103. The van der Waals surface area contributed by atoms with Gasteiger partial charge in [0.05, 0.1) is 11.4 Å². The minimum atomic E-state index is -4.24. The molecule has 4 N–H and O–H groups in total. The van der Waals surface area contributed by atoms with Gasteiger partial charge in [-0.1, -0.05) is 12.1 Å². The molecule has 0 amide bonds. The summed E-state index contributed by atoms with van der Waals surface area (Å²) in [4.78, 5) is 15.3. The molecule has 0 unspecified atom stereocenters. The Labute approximate surface area is 244 Å². The molecule has 1 fully saturated rings. The average Bonchev–Trinajstić information content (AvgIpc) is 3.51. The molecule has 0 atom stereocenters. The number of carboxylic acid groups (broad SMARTS) is 1. The molecule has 0 bridgehead atoms. The zero-order chi connectivity index (χ0) is 29.6. The molecule has 1 aliphatic carbocycles. The van der Waals surface area contributed by atoms with Crippen LogP contribution in [0.1, 0.15) is 52.1 Å². The van der Waals surface area contributed by atoms with Crippen molar-refractivity contribution >= 4 is 32.9 Å². The zero-order valence-electron chi connectivity index (χ0n) is 22.3. The molecule has 6 rings (SSSR count). The van der Waals surface area contributed by atoms with E-state index in [1.807, 2.05) is 6.08 Å². The maximum absolute atomic E-state index is 15.1. The lowest BCUT2D eigenvalue weighted by atomic mass is 9.93. The van der Waals surface area contributed by atoms with Crippen molar-refractivity contribution in [2.24, 2.45) is 11.1 Å². The minimum Gasteiger partial charge on any atom is -0.476 e. The van der Waals surface area contributed by atoms with E-state index in [1.165, 1.54) is 17.5 Å². The highest BCUT2D eigenvalue weighted by Gasteiger charge is 2.30. The normalized spacial score (nSPS) is 15.5. The van der Waals surface area contributed by atoms with Gasteiger partial charge >= 0.3 is 5.97 Å². The Hall–Kier alpha value is -3.78. The maximum Gasteiger partial charge on any atom is 0.355 e. The van der Waals surface area contributed by atoms with Gasteiger partial charge in [0.15, 0.2) is 5.69 Å². The molecule has 1 aliphatic heterocycles. The fraction of sp³-hybridized carbons (Fsp3) is 0.276. The molecule has 0 radical (unpaired) electrons. The van der Waals surface area contributed by atoms with Gasteiger partial charge in [-0.3, -0.25) is 0 Å². The Bertz CT molecular complexity index is 1840. The molecule has 0 spiro atoms. The van der Waals surface area contributed by atoms with Gasteiger partial charge in [0.2, 0.25) is 15.2 Å². The number of halogens is 2. The summed E-state index contributed by atoms with van der Waals surface area (Å²) < 4.78 is 55.1. The first-order valence-corrected chi connectivity index (χ1v) is 15.8. The van der Waals surface area contributed by atoms with Crippen LogP contribution in [-0.2, 0) is 22.9 Å². The Morgan fingerprint density at radius 3 is 2.62 bits per heavy atom. The lowest BCUT2D eigenvalue weighted by Gasteiger charge is -2.16. The highest BCUT2D eigenvalue weighted by molar-refractivity contribution is 7.89.